The van der Waals surface area contributed by atoms with Crippen LogP contribution in [0.25, 0.3) is 4.91 Å². The Morgan fingerprint density at radius 3 is 2.41 bits per heavy atom. The zero-order valence-electron chi connectivity index (χ0n) is 9.05. The van der Waals surface area contributed by atoms with Crippen molar-refractivity contribution in [2.75, 3.05) is 11.5 Å². The zero-order valence-corrected chi connectivity index (χ0v) is 11.5. The summed E-state index contributed by atoms with van der Waals surface area (Å²) in [7, 11) is 0. The molecule has 2 nitrogen and oxygen atoms in total. The zero-order chi connectivity index (χ0) is 11.8. The van der Waals surface area contributed by atoms with E-state index < -0.39 is 0 Å². The SMILES string of the molecule is Nc1ccc(C2=CCC(c3ccc(N)s3)S2)s1. The van der Waals surface area contributed by atoms with Crippen LogP contribution < -0.4 is 11.5 Å². The van der Waals surface area contributed by atoms with Gasteiger partial charge in [0.1, 0.15) is 0 Å². The largest absolute Gasteiger partial charge is 0.391 e. The molecule has 1 aliphatic heterocycles. The summed E-state index contributed by atoms with van der Waals surface area (Å²) in [6.07, 6.45) is 3.38. The number of rotatable bonds is 2. The number of nitrogen functional groups attached to an aromatic ring is 2. The first-order valence-corrected chi connectivity index (χ1v) is 7.81. The number of hydrogen-bond acceptors (Lipinski definition) is 5. The fourth-order valence-corrected chi connectivity index (χ4v) is 4.93. The molecule has 2 aromatic heterocycles. The molecule has 3 rings (SSSR count). The Labute approximate surface area is 112 Å². The molecule has 0 saturated carbocycles. The Hall–Kier alpha value is -0.910. The van der Waals surface area contributed by atoms with E-state index in [2.05, 4.69) is 18.2 Å². The van der Waals surface area contributed by atoms with Crippen molar-refractivity contribution >= 4 is 49.3 Å². The van der Waals surface area contributed by atoms with E-state index in [1.165, 1.54) is 14.7 Å². The second-order valence-corrected chi connectivity index (χ2v) is 7.36. The van der Waals surface area contributed by atoms with Gasteiger partial charge >= 0.3 is 0 Å². The molecule has 0 aromatic carbocycles. The van der Waals surface area contributed by atoms with Crippen LogP contribution in [0.4, 0.5) is 10.0 Å². The molecule has 0 saturated heterocycles. The molecule has 0 bridgehead atoms. The van der Waals surface area contributed by atoms with Crippen molar-refractivity contribution in [1.82, 2.24) is 0 Å². The second-order valence-electron chi connectivity index (χ2n) is 3.85. The number of thioether (sulfide) groups is 1. The topological polar surface area (TPSA) is 52.0 Å². The van der Waals surface area contributed by atoms with Crippen LogP contribution >= 0.6 is 34.4 Å². The number of nitrogens with two attached hydrogens (primary N) is 2. The van der Waals surface area contributed by atoms with Crippen molar-refractivity contribution < 1.29 is 0 Å². The third-order valence-electron chi connectivity index (χ3n) is 2.62. The van der Waals surface area contributed by atoms with E-state index >= 15 is 0 Å². The van der Waals surface area contributed by atoms with Gasteiger partial charge in [0.05, 0.1) is 10.0 Å². The van der Waals surface area contributed by atoms with Crippen LogP contribution in [-0.2, 0) is 0 Å². The predicted octanol–water partition coefficient (Wildman–Crippen LogP) is 4.19. The van der Waals surface area contributed by atoms with Gasteiger partial charge in [-0.25, -0.2) is 0 Å². The number of hydrogen-bond donors (Lipinski definition) is 2. The maximum atomic E-state index is 5.77. The summed E-state index contributed by atoms with van der Waals surface area (Å²) < 4.78 is 0. The highest BCUT2D eigenvalue weighted by Crippen LogP contribution is 2.51. The molecule has 88 valence electrons. The first kappa shape index (κ1) is 11.2. The first-order valence-electron chi connectivity index (χ1n) is 5.30. The number of thiophene rings is 2. The minimum Gasteiger partial charge on any atom is -0.391 e. The van der Waals surface area contributed by atoms with Crippen LogP contribution in [0.5, 0.6) is 0 Å². The van der Waals surface area contributed by atoms with Gasteiger partial charge in [0.15, 0.2) is 0 Å². The first-order chi connectivity index (χ1) is 8.22. The van der Waals surface area contributed by atoms with Crippen LogP contribution in [-0.4, -0.2) is 0 Å². The van der Waals surface area contributed by atoms with Crippen molar-refractivity contribution in [3.63, 3.8) is 0 Å². The Balaban J connectivity index is 1.77. The third-order valence-corrected chi connectivity index (χ3v) is 6.25. The van der Waals surface area contributed by atoms with Gasteiger partial charge in [-0.1, -0.05) is 6.08 Å². The van der Waals surface area contributed by atoms with E-state index in [0.717, 1.165) is 16.4 Å². The molecular formula is C12H12N2S3. The molecule has 3 heterocycles. The highest BCUT2D eigenvalue weighted by atomic mass is 32.2. The molecule has 4 N–H and O–H groups in total. The average molecular weight is 280 g/mol. The monoisotopic (exact) mass is 280 g/mol. The fourth-order valence-electron chi connectivity index (χ4n) is 1.82. The smallest absolute Gasteiger partial charge is 0.0862 e. The van der Waals surface area contributed by atoms with Crippen LogP contribution in [0.15, 0.2) is 30.3 Å². The highest BCUT2D eigenvalue weighted by molar-refractivity contribution is 8.09. The maximum absolute atomic E-state index is 5.77. The Bertz CT molecular complexity index is 568. The van der Waals surface area contributed by atoms with Gasteiger partial charge < -0.3 is 11.5 Å². The molecule has 0 aliphatic carbocycles. The van der Waals surface area contributed by atoms with Gasteiger partial charge in [-0.05, 0) is 30.7 Å². The van der Waals surface area contributed by atoms with Crippen molar-refractivity contribution in [3.05, 3.63) is 40.1 Å². The number of anilines is 2. The molecule has 1 unspecified atom stereocenters. The molecule has 0 fully saturated rings. The average Bonchev–Trinajstić information content (AvgIpc) is 2.96. The lowest BCUT2D eigenvalue weighted by molar-refractivity contribution is 1.02. The molecule has 5 heteroatoms. The van der Waals surface area contributed by atoms with Gasteiger partial charge in [0, 0.05) is 19.9 Å². The van der Waals surface area contributed by atoms with Crippen molar-refractivity contribution in [2.24, 2.45) is 0 Å². The van der Waals surface area contributed by atoms with E-state index in [4.69, 9.17) is 11.5 Å². The molecule has 0 amide bonds. The summed E-state index contributed by atoms with van der Waals surface area (Å²) in [5.41, 5.74) is 11.5. The van der Waals surface area contributed by atoms with E-state index in [1.807, 2.05) is 23.9 Å². The lowest BCUT2D eigenvalue weighted by atomic mass is 10.2. The van der Waals surface area contributed by atoms with E-state index in [0.29, 0.717) is 5.25 Å². The molecule has 1 aliphatic rings. The summed E-state index contributed by atoms with van der Waals surface area (Å²) in [4.78, 5) is 3.99. The van der Waals surface area contributed by atoms with E-state index in [1.54, 1.807) is 22.7 Å². The molecular weight excluding hydrogens is 268 g/mol. The van der Waals surface area contributed by atoms with E-state index in [-0.39, 0.29) is 0 Å². The van der Waals surface area contributed by atoms with Crippen molar-refractivity contribution in [3.8, 4) is 0 Å². The van der Waals surface area contributed by atoms with Gasteiger partial charge in [0.2, 0.25) is 0 Å². The summed E-state index contributed by atoms with van der Waals surface area (Å²) in [6.45, 7) is 0. The van der Waals surface area contributed by atoms with Gasteiger partial charge in [-0.3, -0.25) is 0 Å². The summed E-state index contributed by atoms with van der Waals surface area (Å²) >= 11 is 5.26. The Morgan fingerprint density at radius 1 is 1.00 bits per heavy atom. The van der Waals surface area contributed by atoms with Crippen LogP contribution in [0.2, 0.25) is 0 Å². The second kappa shape index (κ2) is 4.40. The Morgan fingerprint density at radius 2 is 1.76 bits per heavy atom. The third kappa shape index (κ3) is 2.22. The number of allylic oxidation sites excluding steroid dienone is 1. The normalized spacial score (nSPS) is 19.5. The highest BCUT2D eigenvalue weighted by Gasteiger charge is 2.22. The minimum absolute atomic E-state index is 0.524. The standard InChI is InChI=1S/C12H12N2S3/c13-11-5-3-9(16-11)7-1-2-8(15-7)10-4-6-12(14)17-10/h1,3-6,8H,2,13-14H2. The summed E-state index contributed by atoms with van der Waals surface area (Å²) in [6, 6.07) is 8.20. The quantitative estimate of drug-likeness (QED) is 0.867. The van der Waals surface area contributed by atoms with Crippen molar-refractivity contribution in [2.45, 2.75) is 11.7 Å². The lowest BCUT2D eigenvalue weighted by Gasteiger charge is -2.06. The minimum atomic E-state index is 0.524. The van der Waals surface area contributed by atoms with Gasteiger partial charge in [-0.15, -0.1) is 34.4 Å². The fraction of sp³-hybridized carbons (Fsp3) is 0.167. The molecule has 0 spiro atoms. The molecule has 0 radical (unpaired) electrons. The molecule has 1 atom stereocenters. The van der Waals surface area contributed by atoms with Gasteiger partial charge in [-0.2, -0.15) is 0 Å². The van der Waals surface area contributed by atoms with Gasteiger partial charge in [0.25, 0.3) is 0 Å². The van der Waals surface area contributed by atoms with E-state index in [9.17, 15) is 0 Å². The lowest BCUT2D eigenvalue weighted by Crippen LogP contribution is -1.82. The van der Waals surface area contributed by atoms with Crippen LogP contribution in [0.3, 0.4) is 0 Å². The van der Waals surface area contributed by atoms with Crippen molar-refractivity contribution in [1.29, 1.82) is 0 Å². The van der Waals surface area contributed by atoms with Crippen LogP contribution in [0, 0.1) is 0 Å². The molecule has 17 heavy (non-hydrogen) atoms. The maximum Gasteiger partial charge on any atom is 0.0862 e. The summed E-state index contributed by atoms with van der Waals surface area (Å²) in [5, 5.41) is 2.30. The predicted molar refractivity (Wildman–Crippen MR) is 80.4 cm³/mol. The molecule has 2 aromatic rings. The Kier molecular flexibility index (Phi) is 2.90. The summed E-state index contributed by atoms with van der Waals surface area (Å²) in [5.74, 6) is 0. The van der Waals surface area contributed by atoms with Crippen LogP contribution in [0.1, 0.15) is 21.4 Å².